The summed E-state index contributed by atoms with van der Waals surface area (Å²) in [7, 11) is 0. The second-order valence-electron chi connectivity index (χ2n) is 4.52. The van der Waals surface area contributed by atoms with Crippen LogP contribution in [0.15, 0.2) is 0 Å². The molecule has 16 heavy (non-hydrogen) atoms. The van der Waals surface area contributed by atoms with Crippen molar-refractivity contribution in [1.29, 1.82) is 0 Å². The van der Waals surface area contributed by atoms with E-state index < -0.39 is 0 Å². The van der Waals surface area contributed by atoms with Crippen LogP contribution in [-0.2, 0) is 24.4 Å². The molecule has 0 aromatic carbocycles. The van der Waals surface area contributed by atoms with Crippen molar-refractivity contribution in [2.45, 2.75) is 18.6 Å². The SMILES string of the molecule is CSC(=O)[C@@H]1[C@H](C=O)[C@H]2C[C@@H]1[C@@H]1OOO[C@H]21. The molecule has 1 aliphatic heterocycles. The maximum atomic E-state index is 11.8. The fourth-order valence-corrected chi connectivity index (χ4v) is 3.97. The van der Waals surface area contributed by atoms with Crippen LogP contribution < -0.4 is 0 Å². The summed E-state index contributed by atoms with van der Waals surface area (Å²) in [5.74, 6) is -0.343. The fourth-order valence-electron chi connectivity index (χ4n) is 3.37. The summed E-state index contributed by atoms with van der Waals surface area (Å²) in [5.41, 5.74) is 0. The third kappa shape index (κ3) is 1.24. The van der Waals surface area contributed by atoms with Crippen LogP contribution >= 0.6 is 11.8 Å². The number of fused-ring (bicyclic) bond motifs is 5. The molecule has 0 spiro atoms. The van der Waals surface area contributed by atoms with Crippen LogP contribution in [0.25, 0.3) is 0 Å². The summed E-state index contributed by atoms with van der Waals surface area (Å²) in [6, 6.07) is 0. The molecule has 0 radical (unpaired) electrons. The number of carbonyl (C=O) groups excluding carboxylic acids is 2. The number of hydrogen-bond donors (Lipinski definition) is 0. The van der Waals surface area contributed by atoms with E-state index >= 15 is 0 Å². The number of carbonyl (C=O) groups is 2. The fraction of sp³-hybridized carbons (Fsp3) is 0.800. The predicted molar refractivity (Wildman–Crippen MR) is 54.0 cm³/mol. The van der Waals surface area contributed by atoms with E-state index in [0.29, 0.717) is 0 Å². The van der Waals surface area contributed by atoms with Crippen molar-refractivity contribution in [2.75, 3.05) is 6.26 Å². The summed E-state index contributed by atoms with van der Waals surface area (Å²) in [5, 5.41) is 4.58. The first kappa shape index (κ1) is 10.7. The van der Waals surface area contributed by atoms with Crippen molar-refractivity contribution < 1.29 is 24.4 Å². The predicted octanol–water partition coefficient (Wildman–Crippen LogP) is 0.588. The first-order valence-corrected chi connectivity index (χ1v) is 6.52. The van der Waals surface area contributed by atoms with E-state index in [1.165, 1.54) is 11.8 Å². The third-order valence-electron chi connectivity index (χ3n) is 4.01. The molecule has 2 aliphatic carbocycles. The van der Waals surface area contributed by atoms with Gasteiger partial charge in [-0.15, -0.1) is 0 Å². The van der Waals surface area contributed by atoms with E-state index in [1.807, 2.05) is 0 Å². The lowest BCUT2D eigenvalue weighted by Gasteiger charge is -2.30. The van der Waals surface area contributed by atoms with Crippen molar-refractivity contribution in [1.82, 2.24) is 0 Å². The van der Waals surface area contributed by atoms with Crippen molar-refractivity contribution in [3.05, 3.63) is 0 Å². The molecule has 2 saturated carbocycles. The number of thioether (sulfide) groups is 1. The monoisotopic (exact) mass is 244 g/mol. The molecule has 0 aromatic rings. The summed E-state index contributed by atoms with van der Waals surface area (Å²) < 4.78 is 0. The van der Waals surface area contributed by atoms with Crippen LogP contribution in [0.1, 0.15) is 6.42 Å². The molecule has 5 nitrogen and oxygen atoms in total. The average Bonchev–Trinajstić information content (AvgIpc) is 2.96. The van der Waals surface area contributed by atoms with Gasteiger partial charge in [0, 0.05) is 23.7 Å². The third-order valence-corrected chi connectivity index (χ3v) is 4.69. The zero-order chi connectivity index (χ0) is 11.3. The number of rotatable bonds is 2. The molecular weight excluding hydrogens is 232 g/mol. The molecule has 3 fully saturated rings. The van der Waals surface area contributed by atoms with Gasteiger partial charge in [-0.05, 0) is 12.7 Å². The molecule has 3 aliphatic rings. The molecule has 88 valence electrons. The quantitative estimate of drug-likeness (QED) is 0.523. The van der Waals surface area contributed by atoms with Gasteiger partial charge in [-0.2, -0.15) is 9.78 Å². The van der Waals surface area contributed by atoms with E-state index in [4.69, 9.17) is 9.78 Å². The van der Waals surface area contributed by atoms with Crippen molar-refractivity contribution in [2.24, 2.45) is 23.7 Å². The Labute approximate surface area is 96.7 Å². The van der Waals surface area contributed by atoms with Gasteiger partial charge in [0.05, 0.1) is 0 Å². The molecular formula is C10H12O5S. The van der Waals surface area contributed by atoms with E-state index in [1.54, 1.807) is 6.26 Å². The van der Waals surface area contributed by atoms with Gasteiger partial charge in [0.15, 0.2) is 5.12 Å². The molecule has 1 saturated heterocycles. The Hall–Kier alpha value is -0.430. The molecule has 0 aromatic heterocycles. The molecule has 2 bridgehead atoms. The highest BCUT2D eigenvalue weighted by molar-refractivity contribution is 8.13. The van der Waals surface area contributed by atoms with Gasteiger partial charge in [0.2, 0.25) is 0 Å². The zero-order valence-electron chi connectivity index (χ0n) is 8.70. The lowest BCUT2D eigenvalue weighted by molar-refractivity contribution is -0.470. The Morgan fingerprint density at radius 2 is 2.00 bits per heavy atom. The Bertz CT molecular complexity index is 333. The van der Waals surface area contributed by atoms with Gasteiger partial charge >= 0.3 is 0 Å². The Kier molecular flexibility index (Phi) is 2.54. The Morgan fingerprint density at radius 1 is 1.31 bits per heavy atom. The molecule has 0 unspecified atom stereocenters. The van der Waals surface area contributed by atoms with Gasteiger partial charge in [0.1, 0.15) is 18.5 Å². The van der Waals surface area contributed by atoms with Crippen molar-refractivity contribution in [3.8, 4) is 0 Å². The number of hydrogen-bond acceptors (Lipinski definition) is 6. The van der Waals surface area contributed by atoms with E-state index in [0.717, 1.165) is 12.7 Å². The van der Waals surface area contributed by atoms with E-state index in [-0.39, 0.29) is 41.0 Å². The van der Waals surface area contributed by atoms with E-state index in [9.17, 15) is 9.59 Å². The lowest BCUT2D eigenvalue weighted by atomic mass is 9.78. The highest BCUT2D eigenvalue weighted by atomic mass is 32.2. The minimum atomic E-state index is -0.239. The summed E-state index contributed by atoms with van der Waals surface area (Å²) in [6.45, 7) is 0. The minimum absolute atomic E-state index is 0.0626. The molecule has 6 heteroatoms. The van der Waals surface area contributed by atoms with Gasteiger partial charge in [-0.3, -0.25) is 4.79 Å². The smallest absolute Gasteiger partial charge is 0.192 e. The first-order valence-electron chi connectivity index (χ1n) is 5.30. The standard InChI is InChI=1S/C10H12O5S/c1-16-10(12)7-5-2-4(6(7)3-11)8-9(5)14-15-13-8/h3-9H,2H2,1H3/t4-,5+,6-,7+,8-,9+/m1/s1. The highest BCUT2D eigenvalue weighted by Crippen LogP contribution is 2.56. The topological polar surface area (TPSA) is 61.8 Å². The Balaban J connectivity index is 1.90. The van der Waals surface area contributed by atoms with Crippen molar-refractivity contribution >= 4 is 23.2 Å². The second kappa shape index (κ2) is 3.80. The summed E-state index contributed by atoms with van der Waals surface area (Å²) in [4.78, 5) is 33.0. The zero-order valence-corrected chi connectivity index (χ0v) is 9.51. The maximum absolute atomic E-state index is 11.8. The van der Waals surface area contributed by atoms with Gasteiger partial charge in [-0.1, -0.05) is 16.8 Å². The average molecular weight is 244 g/mol. The van der Waals surface area contributed by atoms with Gasteiger partial charge in [-0.25, -0.2) is 0 Å². The van der Waals surface area contributed by atoms with Gasteiger partial charge in [0.25, 0.3) is 0 Å². The summed E-state index contributed by atoms with van der Waals surface area (Å²) in [6.07, 6.45) is 3.10. The van der Waals surface area contributed by atoms with Crippen LogP contribution in [0.2, 0.25) is 0 Å². The number of aldehydes is 1. The molecule has 0 amide bonds. The molecule has 6 atom stereocenters. The lowest BCUT2D eigenvalue weighted by Crippen LogP contribution is -2.43. The second-order valence-corrected chi connectivity index (χ2v) is 5.33. The van der Waals surface area contributed by atoms with Crippen LogP contribution in [0.5, 0.6) is 0 Å². The first-order chi connectivity index (χ1) is 7.77. The minimum Gasteiger partial charge on any atom is -0.303 e. The molecule has 3 rings (SSSR count). The van der Waals surface area contributed by atoms with Crippen LogP contribution in [0.3, 0.4) is 0 Å². The van der Waals surface area contributed by atoms with Crippen LogP contribution in [-0.4, -0.2) is 29.9 Å². The summed E-state index contributed by atoms with van der Waals surface area (Å²) >= 11 is 1.18. The largest absolute Gasteiger partial charge is 0.303 e. The van der Waals surface area contributed by atoms with Crippen LogP contribution in [0.4, 0.5) is 0 Å². The van der Waals surface area contributed by atoms with Crippen LogP contribution in [0, 0.1) is 23.7 Å². The molecule has 0 N–H and O–H groups in total. The molecule has 1 heterocycles. The maximum Gasteiger partial charge on any atom is 0.192 e. The van der Waals surface area contributed by atoms with Gasteiger partial charge < -0.3 is 4.79 Å². The van der Waals surface area contributed by atoms with E-state index in [2.05, 4.69) is 5.04 Å². The highest BCUT2D eigenvalue weighted by Gasteiger charge is 2.64. The normalized spacial score (nSPS) is 49.3. The Morgan fingerprint density at radius 3 is 2.62 bits per heavy atom. The van der Waals surface area contributed by atoms with Crippen molar-refractivity contribution in [3.63, 3.8) is 0 Å².